The van der Waals surface area contributed by atoms with Crippen LogP contribution in [0.3, 0.4) is 0 Å². The van der Waals surface area contributed by atoms with Crippen molar-refractivity contribution < 1.29 is 9.84 Å². The topological polar surface area (TPSA) is 32.7 Å². The number of aliphatic hydroxyl groups is 1. The van der Waals surface area contributed by atoms with Crippen molar-refractivity contribution in [3.63, 3.8) is 0 Å². The third kappa shape index (κ3) is 3.81. The molecule has 1 N–H and O–H groups in total. The summed E-state index contributed by atoms with van der Waals surface area (Å²) in [5, 5.41) is 12.2. The normalized spacial score (nSPS) is 20.8. The monoisotopic (exact) mass is 399 g/mol. The summed E-state index contributed by atoms with van der Waals surface area (Å²) in [7, 11) is 0. The van der Waals surface area contributed by atoms with Crippen molar-refractivity contribution in [1.29, 1.82) is 0 Å². The van der Waals surface area contributed by atoms with E-state index >= 15 is 0 Å². The molecule has 30 heavy (non-hydrogen) atoms. The highest BCUT2D eigenvalue weighted by Gasteiger charge is 2.40. The van der Waals surface area contributed by atoms with Gasteiger partial charge in [-0.1, -0.05) is 78.9 Å². The molecule has 2 aliphatic rings. The van der Waals surface area contributed by atoms with Crippen LogP contribution in [0.25, 0.3) is 0 Å². The second kappa shape index (κ2) is 8.35. The van der Waals surface area contributed by atoms with Gasteiger partial charge in [0.1, 0.15) is 5.60 Å². The molecule has 0 saturated carbocycles. The average molecular weight is 400 g/mol. The maximum atomic E-state index is 12.2. The molecule has 3 aromatic rings. The molecule has 1 atom stereocenters. The Morgan fingerprint density at radius 1 is 0.833 bits per heavy atom. The van der Waals surface area contributed by atoms with Gasteiger partial charge in [0.05, 0.1) is 12.7 Å². The molecule has 0 spiro atoms. The number of hydrogen-bond acceptors (Lipinski definition) is 3. The first-order valence-electron chi connectivity index (χ1n) is 11.0. The van der Waals surface area contributed by atoms with Crippen molar-refractivity contribution in [3.8, 4) is 0 Å². The SMILES string of the molecule is OC1(CC2CN(Cc3ccccc3)CCO2)c2ccccc2CCc2ccccc21. The van der Waals surface area contributed by atoms with Crippen LogP contribution in [0.1, 0.15) is 34.2 Å². The smallest absolute Gasteiger partial charge is 0.118 e. The lowest BCUT2D eigenvalue weighted by atomic mass is 9.79. The van der Waals surface area contributed by atoms with Gasteiger partial charge >= 0.3 is 0 Å². The van der Waals surface area contributed by atoms with Crippen LogP contribution in [-0.4, -0.2) is 35.8 Å². The van der Waals surface area contributed by atoms with E-state index in [1.54, 1.807) is 0 Å². The first kappa shape index (κ1) is 19.5. The molecular formula is C27H29NO2. The average Bonchev–Trinajstić information content (AvgIpc) is 2.90. The summed E-state index contributed by atoms with van der Waals surface area (Å²) in [5.74, 6) is 0. The van der Waals surface area contributed by atoms with Gasteiger partial charge in [-0.2, -0.15) is 0 Å². The predicted molar refractivity (Wildman–Crippen MR) is 119 cm³/mol. The highest BCUT2D eigenvalue weighted by molar-refractivity contribution is 5.47. The largest absolute Gasteiger partial charge is 0.380 e. The minimum absolute atomic E-state index is 0.00771. The molecule has 3 heteroatoms. The summed E-state index contributed by atoms with van der Waals surface area (Å²) in [6.07, 6.45) is 2.49. The zero-order valence-corrected chi connectivity index (χ0v) is 17.3. The van der Waals surface area contributed by atoms with E-state index in [-0.39, 0.29) is 6.10 Å². The van der Waals surface area contributed by atoms with Crippen molar-refractivity contribution in [1.82, 2.24) is 4.90 Å². The predicted octanol–water partition coefficient (Wildman–Crippen LogP) is 4.31. The van der Waals surface area contributed by atoms with Gasteiger partial charge in [0.25, 0.3) is 0 Å². The van der Waals surface area contributed by atoms with Crippen LogP contribution in [0, 0.1) is 0 Å². The van der Waals surface area contributed by atoms with E-state index in [0.717, 1.165) is 43.6 Å². The third-order valence-electron chi connectivity index (χ3n) is 6.58. The van der Waals surface area contributed by atoms with E-state index in [0.29, 0.717) is 13.0 Å². The summed E-state index contributed by atoms with van der Waals surface area (Å²) in [5.41, 5.74) is 4.87. The number of benzene rings is 3. The maximum Gasteiger partial charge on any atom is 0.118 e. The number of aryl methyl sites for hydroxylation is 2. The van der Waals surface area contributed by atoms with Crippen LogP contribution >= 0.6 is 0 Å². The van der Waals surface area contributed by atoms with Crippen LogP contribution in [0.15, 0.2) is 78.9 Å². The molecule has 3 aromatic carbocycles. The summed E-state index contributed by atoms with van der Waals surface area (Å²) >= 11 is 0. The van der Waals surface area contributed by atoms with Gasteiger partial charge in [-0.25, -0.2) is 0 Å². The standard InChI is InChI=1S/C27H29NO2/c29-27(18-24-20-28(16-17-30-24)19-21-8-2-1-3-9-21)25-12-6-4-10-22(25)14-15-23-11-5-7-13-26(23)27/h1-13,24,29H,14-20H2. The second-order valence-corrected chi connectivity index (χ2v) is 8.59. The Labute approximate surface area is 178 Å². The van der Waals surface area contributed by atoms with Gasteiger partial charge in [-0.15, -0.1) is 0 Å². The van der Waals surface area contributed by atoms with Crippen molar-refractivity contribution in [2.24, 2.45) is 0 Å². The van der Waals surface area contributed by atoms with E-state index < -0.39 is 5.60 Å². The molecule has 154 valence electrons. The molecule has 1 aliphatic heterocycles. The Balaban J connectivity index is 1.43. The van der Waals surface area contributed by atoms with Gasteiger partial charge in [0, 0.05) is 26.1 Å². The number of hydrogen-bond donors (Lipinski definition) is 1. The van der Waals surface area contributed by atoms with Crippen LogP contribution < -0.4 is 0 Å². The second-order valence-electron chi connectivity index (χ2n) is 8.59. The lowest BCUT2D eigenvalue weighted by Gasteiger charge is -2.39. The summed E-state index contributed by atoms with van der Waals surface area (Å²) in [6, 6.07) is 27.4. The fourth-order valence-corrected chi connectivity index (χ4v) is 5.14. The molecule has 1 fully saturated rings. The lowest BCUT2D eigenvalue weighted by molar-refractivity contribution is -0.0708. The van der Waals surface area contributed by atoms with Gasteiger partial charge in [-0.3, -0.25) is 4.90 Å². The molecule has 1 aliphatic carbocycles. The lowest BCUT2D eigenvalue weighted by Crippen LogP contribution is -2.45. The van der Waals surface area contributed by atoms with E-state index in [1.165, 1.54) is 16.7 Å². The van der Waals surface area contributed by atoms with Crippen LogP contribution in [-0.2, 0) is 29.7 Å². The molecule has 1 heterocycles. The molecule has 5 rings (SSSR count). The molecular weight excluding hydrogens is 370 g/mol. The maximum absolute atomic E-state index is 12.2. The molecule has 3 nitrogen and oxygen atoms in total. The van der Waals surface area contributed by atoms with Crippen molar-refractivity contribution in [2.45, 2.75) is 37.5 Å². The van der Waals surface area contributed by atoms with Crippen molar-refractivity contribution in [2.75, 3.05) is 19.7 Å². The summed E-state index contributed by atoms with van der Waals surface area (Å²) in [6.45, 7) is 3.39. The van der Waals surface area contributed by atoms with Crippen molar-refractivity contribution >= 4 is 0 Å². The quantitative estimate of drug-likeness (QED) is 0.710. The Morgan fingerprint density at radius 2 is 1.43 bits per heavy atom. The molecule has 0 amide bonds. The Morgan fingerprint density at radius 3 is 2.10 bits per heavy atom. The van der Waals surface area contributed by atoms with Gasteiger partial charge in [0.15, 0.2) is 0 Å². The zero-order chi connectivity index (χ0) is 20.4. The zero-order valence-electron chi connectivity index (χ0n) is 17.3. The van der Waals surface area contributed by atoms with Crippen molar-refractivity contribution in [3.05, 3.63) is 107 Å². The number of morpholine rings is 1. The molecule has 0 bridgehead atoms. The fraction of sp³-hybridized carbons (Fsp3) is 0.333. The fourth-order valence-electron chi connectivity index (χ4n) is 5.14. The van der Waals surface area contributed by atoms with Crippen LogP contribution in [0.5, 0.6) is 0 Å². The number of rotatable bonds is 4. The number of nitrogens with zero attached hydrogens (tertiary/aromatic N) is 1. The van der Waals surface area contributed by atoms with Crippen LogP contribution in [0.4, 0.5) is 0 Å². The van der Waals surface area contributed by atoms with Gasteiger partial charge < -0.3 is 9.84 Å². The van der Waals surface area contributed by atoms with Gasteiger partial charge in [0.2, 0.25) is 0 Å². The molecule has 0 radical (unpaired) electrons. The highest BCUT2D eigenvalue weighted by atomic mass is 16.5. The minimum Gasteiger partial charge on any atom is -0.380 e. The number of fused-ring (bicyclic) bond motifs is 2. The first-order valence-corrected chi connectivity index (χ1v) is 11.0. The Hall–Kier alpha value is -2.46. The van der Waals surface area contributed by atoms with E-state index in [4.69, 9.17) is 4.74 Å². The third-order valence-corrected chi connectivity index (χ3v) is 6.58. The van der Waals surface area contributed by atoms with E-state index in [1.807, 2.05) is 12.1 Å². The van der Waals surface area contributed by atoms with E-state index in [9.17, 15) is 5.11 Å². The number of ether oxygens (including phenoxy) is 1. The molecule has 0 aromatic heterocycles. The molecule has 1 unspecified atom stereocenters. The molecule has 1 saturated heterocycles. The Bertz CT molecular complexity index is 953. The first-order chi connectivity index (χ1) is 14.7. The van der Waals surface area contributed by atoms with E-state index in [2.05, 4.69) is 71.6 Å². The Kier molecular flexibility index (Phi) is 5.43. The van der Waals surface area contributed by atoms with Gasteiger partial charge in [-0.05, 0) is 40.7 Å². The minimum atomic E-state index is -1.02. The van der Waals surface area contributed by atoms with Crippen LogP contribution in [0.2, 0.25) is 0 Å². The summed E-state index contributed by atoms with van der Waals surface area (Å²) in [4.78, 5) is 2.45. The highest BCUT2D eigenvalue weighted by Crippen LogP contribution is 2.41. The summed E-state index contributed by atoms with van der Waals surface area (Å²) < 4.78 is 6.18.